The van der Waals surface area contributed by atoms with Gasteiger partial charge in [-0.25, -0.2) is 23.6 Å². The molecule has 4 aromatic rings. The Balaban J connectivity index is 1.42. The number of halogens is 1. The molecule has 1 aliphatic rings. The van der Waals surface area contributed by atoms with Crippen LogP contribution in [-0.4, -0.2) is 74.8 Å². The first-order valence-corrected chi connectivity index (χ1v) is 13.1. The van der Waals surface area contributed by atoms with E-state index in [-0.39, 0.29) is 30.0 Å². The van der Waals surface area contributed by atoms with E-state index in [1.54, 1.807) is 58.3 Å². The van der Waals surface area contributed by atoms with Gasteiger partial charge in [-0.15, -0.1) is 0 Å². The second kappa shape index (κ2) is 10.9. The number of carbonyl (C=O) groups is 4. The first kappa shape index (κ1) is 28.2. The molecule has 0 bridgehead atoms. The monoisotopic (exact) mass is 572 g/mol. The number of hydrogen-bond donors (Lipinski definition) is 2. The van der Waals surface area contributed by atoms with Gasteiger partial charge in [-0.05, 0) is 55.8 Å². The van der Waals surface area contributed by atoms with E-state index in [0.717, 1.165) is 11.0 Å². The number of anilines is 3. The highest BCUT2D eigenvalue weighted by molar-refractivity contribution is 6.23. The van der Waals surface area contributed by atoms with Gasteiger partial charge < -0.3 is 20.9 Å². The Morgan fingerprint density at radius 2 is 1.81 bits per heavy atom. The SMILES string of the molecule is CC(C)N1CC(C(=O)Nc2ccc(-c3cc(C(=O)N(C)C)n4ncnc(N)c34)cc2)C(=O)N(c2cccc(F)c2)C1=O. The molecule has 12 nitrogen and oxygen atoms in total. The minimum atomic E-state index is -1.22. The van der Waals surface area contributed by atoms with Crippen molar-refractivity contribution in [2.24, 2.45) is 5.92 Å². The lowest BCUT2D eigenvalue weighted by Gasteiger charge is -2.39. The molecule has 3 heterocycles. The maximum Gasteiger partial charge on any atom is 0.331 e. The number of benzene rings is 2. The number of urea groups is 1. The van der Waals surface area contributed by atoms with Gasteiger partial charge in [-0.1, -0.05) is 18.2 Å². The average Bonchev–Trinajstić information content (AvgIpc) is 3.34. The number of aromatic nitrogens is 3. The zero-order valence-electron chi connectivity index (χ0n) is 23.4. The van der Waals surface area contributed by atoms with Crippen LogP contribution in [0.5, 0.6) is 0 Å². The zero-order chi connectivity index (χ0) is 30.3. The minimum absolute atomic E-state index is 0.0488. The maximum atomic E-state index is 13.9. The summed E-state index contributed by atoms with van der Waals surface area (Å²) in [4.78, 5) is 60.4. The molecule has 0 saturated carbocycles. The first-order valence-electron chi connectivity index (χ1n) is 13.1. The van der Waals surface area contributed by atoms with Gasteiger partial charge in [0.05, 0.1) is 5.69 Å². The second-order valence-corrected chi connectivity index (χ2v) is 10.3. The number of fused-ring (bicyclic) bond motifs is 1. The van der Waals surface area contributed by atoms with Gasteiger partial charge in [0.1, 0.15) is 29.3 Å². The highest BCUT2D eigenvalue weighted by Gasteiger charge is 2.44. The lowest BCUT2D eigenvalue weighted by atomic mass is 10.0. The number of amides is 5. The Morgan fingerprint density at radius 1 is 1.10 bits per heavy atom. The molecule has 1 aliphatic heterocycles. The molecule has 2 aromatic heterocycles. The Kier molecular flexibility index (Phi) is 7.33. The van der Waals surface area contributed by atoms with Crippen LogP contribution in [0.1, 0.15) is 24.3 Å². The predicted molar refractivity (Wildman–Crippen MR) is 154 cm³/mol. The van der Waals surface area contributed by atoms with Gasteiger partial charge in [0.15, 0.2) is 5.82 Å². The van der Waals surface area contributed by atoms with Crippen molar-refractivity contribution >= 4 is 46.5 Å². The van der Waals surface area contributed by atoms with Gasteiger partial charge in [-0.3, -0.25) is 14.4 Å². The summed E-state index contributed by atoms with van der Waals surface area (Å²) in [7, 11) is 3.27. The Hall–Kier alpha value is -5.33. The van der Waals surface area contributed by atoms with E-state index in [1.807, 2.05) is 0 Å². The molecular formula is C29H29FN8O4. The maximum absolute atomic E-state index is 13.9. The van der Waals surface area contributed by atoms with Crippen molar-refractivity contribution in [1.29, 1.82) is 0 Å². The quantitative estimate of drug-likeness (QED) is 0.337. The third kappa shape index (κ3) is 5.00. The van der Waals surface area contributed by atoms with E-state index in [4.69, 9.17) is 5.73 Å². The third-order valence-electron chi connectivity index (χ3n) is 7.01. The predicted octanol–water partition coefficient (Wildman–Crippen LogP) is 3.25. The summed E-state index contributed by atoms with van der Waals surface area (Å²) >= 11 is 0. The number of carbonyl (C=O) groups excluding carboxylic acids is 4. The van der Waals surface area contributed by atoms with Gasteiger partial charge >= 0.3 is 6.03 Å². The summed E-state index contributed by atoms with van der Waals surface area (Å²) in [5, 5.41) is 6.95. The Bertz CT molecular complexity index is 1720. The van der Waals surface area contributed by atoms with Crippen molar-refractivity contribution in [3.63, 3.8) is 0 Å². The Morgan fingerprint density at radius 3 is 2.45 bits per heavy atom. The first-order chi connectivity index (χ1) is 20.0. The second-order valence-electron chi connectivity index (χ2n) is 10.3. The number of nitrogen functional groups attached to an aromatic ring is 1. The molecule has 0 radical (unpaired) electrons. The van der Waals surface area contributed by atoms with Crippen LogP contribution in [0.3, 0.4) is 0 Å². The number of nitrogens with zero attached hydrogens (tertiary/aromatic N) is 6. The molecule has 1 unspecified atom stereocenters. The molecule has 5 rings (SSSR count). The van der Waals surface area contributed by atoms with Crippen LogP contribution in [0.15, 0.2) is 60.9 Å². The van der Waals surface area contributed by atoms with Crippen molar-refractivity contribution in [1.82, 2.24) is 24.4 Å². The topological polar surface area (TPSA) is 146 Å². The summed E-state index contributed by atoms with van der Waals surface area (Å²) in [5.74, 6) is -3.27. The average molecular weight is 573 g/mol. The highest BCUT2D eigenvalue weighted by atomic mass is 19.1. The fourth-order valence-electron chi connectivity index (χ4n) is 4.84. The molecule has 1 saturated heterocycles. The third-order valence-corrected chi connectivity index (χ3v) is 7.01. The molecule has 5 amide bonds. The largest absolute Gasteiger partial charge is 0.382 e. The molecule has 2 aromatic carbocycles. The van der Waals surface area contributed by atoms with E-state index in [0.29, 0.717) is 28.0 Å². The molecule has 0 spiro atoms. The molecule has 3 N–H and O–H groups in total. The molecule has 13 heteroatoms. The van der Waals surface area contributed by atoms with Crippen LogP contribution in [0.4, 0.5) is 26.4 Å². The van der Waals surface area contributed by atoms with E-state index >= 15 is 0 Å². The van der Waals surface area contributed by atoms with Crippen LogP contribution in [0.25, 0.3) is 16.6 Å². The molecule has 0 aliphatic carbocycles. The van der Waals surface area contributed by atoms with Gasteiger partial charge in [0.2, 0.25) is 11.8 Å². The van der Waals surface area contributed by atoms with Crippen molar-refractivity contribution in [3.05, 3.63) is 72.4 Å². The number of nitrogens with two attached hydrogens (primary N) is 1. The summed E-state index contributed by atoms with van der Waals surface area (Å²) in [5.41, 5.74) is 8.67. The van der Waals surface area contributed by atoms with Gasteiger partial charge in [-0.2, -0.15) is 5.10 Å². The van der Waals surface area contributed by atoms with Crippen molar-refractivity contribution in [3.8, 4) is 11.1 Å². The van der Waals surface area contributed by atoms with E-state index in [1.165, 1.54) is 38.8 Å². The van der Waals surface area contributed by atoms with Crippen LogP contribution < -0.4 is 16.0 Å². The van der Waals surface area contributed by atoms with E-state index in [2.05, 4.69) is 15.4 Å². The molecule has 1 fully saturated rings. The zero-order valence-corrected chi connectivity index (χ0v) is 23.4. The van der Waals surface area contributed by atoms with E-state index < -0.39 is 29.6 Å². The lowest BCUT2D eigenvalue weighted by Crippen LogP contribution is -2.61. The number of rotatable bonds is 6. The number of hydrogen-bond acceptors (Lipinski definition) is 7. The smallest absolute Gasteiger partial charge is 0.331 e. The van der Waals surface area contributed by atoms with Gasteiger partial charge in [0.25, 0.3) is 5.91 Å². The standard InChI is InChI=1S/C29H29FN8O4/c1-16(2)36-14-22(27(40)37(29(36)42)20-7-5-6-18(30)12-20)26(39)34-19-10-8-17(9-11-19)21-13-23(28(41)35(3)4)38-24(21)25(31)32-15-33-38/h5-13,15-16,22H,14H2,1-4H3,(H,34,39)(H2,31,32,33). The van der Waals surface area contributed by atoms with Crippen molar-refractivity contribution < 1.29 is 23.6 Å². The van der Waals surface area contributed by atoms with Crippen LogP contribution in [0.2, 0.25) is 0 Å². The fourth-order valence-corrected chi connectivity index (χ4v) is 4.84. The molecule has 216 valence electrons. The summed E-state index contributed by atoms with van der Waals surface area (Å²) < 4.78 is 15.4. The molecule has 1 atom stereocenters. The fraction of sp³-hybridized carbons (Fsp3) is 0.241. The molecular weight excluding hydrogens is 543 g/mol. The van der Waals surface area contributed by atoms with E-state index in [9.17, 15) is 23.6 Å². The summed E-state index contributed by atoms with van der Waals surface area (Å²) in [6.07, 6.45) is 1.27. The van der Waals surface area contributed by atoms with Crippen LogP contribution >= 0.6 is 0 Å². The normalized spacial score (nSPS) is 15.4. The number of imide groups is 1. The van der Waals surface area contributed by atoms with Crippen molar-refractivity contribution in [2.45, 2.75) is 19.9 Å². The van der Waals surface area contributed by atoms with Crippen LogP contribution in [-0.2, 0) is 9.59 Å². The lowest BCUT2D eigenvalue weighted by molar-refractivity contribution is -0.132. The van der Waals surface area contributed by atoms with Crippen LogP contribution in [0, 0.1) is 11.7 Å². The van der Waals surface area contributed by atoms with Crippen molar-refractivity contribution in [2.75, 3.05) is 36.6 Å². The Labute approximate surface area is 240 Å². The molecule has 42 heavy (non-hydrogen) atoms. The number of nitrogens with one attached hydrogen (secondary N) is 1. The summed E-state index contributed by atoms with van der Waals surface area (Å²) in [6, 6.07) is 12.6. The highest BCUT2D eigenvalue weighted by Crippen LogP contribution is 2.32. The van der Waals surface area contributed by atoms with Gasteiger partial charge in [0, 0.05) is 37.9 Å². The minimum Gasteiger partial charge on any atom is -0.382 e. The summed E-state index contributed by atoms with van der Waals surface area (Å²) in [6.45, 7) is 3.42.